The molecule has 0 saturated carbocycles. The van der Waals surface area contributed by atoms with Crippen LogP contribution in [0.5, 0.6) is 5.75 Å². The summed E-state index contributed by atoms with van der Waals surface area (Å²) >= 11 is 11.7. The molecule has 118 valence electrons. The fourth-order valence-corrected chi connectivity index (χ4v) is 2.17. The third-order valence-corrected chi connectivity index (χ3v) is 3.71. The van der Waals surface area contributed by atoms with Gasteiger partial charge in [0.05, 0.1) is 36.0 Å². The lowest BCUT2D eigenvalue weighted by molar-refractivity contribution is -0.0869. The number of halogens is 2. The van der Waals surface area contributed by atoms with Crippen LogP contribution in [-0.2, 0) is 9.47 Å². The summed E-state index contributed by atoms with van der Waals surface area (Å²) in [4.78, 5) is 0. The lowest BCUT2D eigenvalue weighted by Gasteiger charge is -2.23. The number of benzene rings is 1. The highest BCUT2D eigenvalue weighted by Gasteiger charge is 2.14. The SMILES string of the molecule is OC(CNCC1COCCO1)COc1ccc(Cl)c(Cl)c1. The Morgan fingerprint density at radius 2 is 2.19 bits per heavy atom. The number of nitrogens with one attached hydrogen (secondary N) is 1. The van der Waals surface area contributed by atoms with E-state index in [1.807, 2.05) is 0 Å². The molecule has 2 unspecified atom stereocenters. The van der Waals surface area contributed by atoms with E-state index in [-0.39, 0.29) is 12.7 Å². The first kappa shape index (κ1) is 16.8. The lowest BCUT2D eigenvalue weighted by atomic mass is 10.3. The van der Waals surface area contributed by atoms with Crippen LogP contribution in [0.3, 0.4) is 0 Å². The van der Waals surface area contributed by atoms with Crippen LogP contribution in [0.1, 0.15) is 0 Å². The van der Waals surface area contributed by atoms with Gasteiger partial charge < -0.3 is 24.6 Å². The van der Waals surface area contributed by atoms with Gasteiger partial charge in [-0.3, -0.25) is 0 Å². The van der Waals surface area contributed by atoms with Gasteiger partial charge in [0, 0.05) is 19.2 Å². The van der Waals surface area contributed by atoms with Crippen molar-refractivity contribution in [3.8, 4) is 5.75 Å². The summed E-state index contributed by atoms with van der Waals surface area (Å²) in [6, 6.07) is 4.99. The molecule has 0 aromatic heterocycles. The number of ether oxygens (including phenoxy) is 3. The minimum absolute atomic E-state index is 0.0435. The Kier molecular flexibility index (Phi) is 7.03. The van der Waals surface area contributed by atoms with Gasteiger partial charge in [0.1, 0.15) is 18.5 Å². The predicted molar refractivity (Wildman–Crippen MR) is 81.4 cm³/mol. The molecule has 1 saturated heterocycles. The molecule has 0 radical (unpaired) electrons. The Labute approximate surface area is 134 Å². The van der Waals surface area contributed by atoms with Crippen LogP contribution in [0.2, 0.25) is 10.0 Å². The summed E-state index contributed by atoms with van der Waals surface area (Å²) in [5, 5.41) is 13.9. The van der Waals surface area contributed by atoms with Gasteiger partial charge in [-0.25, -0.2) is 0 Å². The quantitative estimate of drug-likeness (QED) is 0.794. The van der Waals surface area contributed by atoms with E-state index < -0.39 is 6.10 Å². The topological polar surface area (TPSA) is 60.0 Å². The van der Waals surface area contributed by atoms with Gasteiger partial charge in [0.25, 0.3) is 0 Å². The van der Waals surface area contributed by atoms with Gasteiger partial charge in [0.15, 0.2) is 0 Å². The van der Waals surface area contributed by atoms with Gasteiger partial charge in [-0.2, -0.15) is 0 Å². The van der Waals surface area contributed by atoms with Crippen molar-refractivity contribution in [2.24, 2.45) is 0 Å². The van der Waals surface area contributed by atoms with Gasteiger partial charge in [-0.05, 0) is 12.1 Å². The average Bonchev–Trinajstić information content (AvgIpc) is 2.49. The highest BCUT2D eigenvalue weighted by Crippen LogP contribution is 2.26. The number of hydrogen-bond donors (Lipinski definition) is 2. The van der Waals surface area contributed by atoms with Crippen molar-refractivity contribution >= 4 is 23.2 Å². The van der Waals surface area contributed by atoms with Crippen molar-refractivity contribution in [1.82, 2.24) is 5.32 Å². The van der Waals surface area contributed by atoms with Crippen molar-refractivity contribution in [2.75, 3.05) is 39.5 Å². The molecule has 0 bridgehead atoms. The molecule has 1 aromatic carbocycles. The molecule has 1 aliphatic rings. The van der Waals surface area contributed by atoms with E-state index in [2.05, 4.69) is 5.32 Å². The molecule has 1 heterocycles. The first-order valence-electron chi connectivity index (χ1n) is 6.81. The second kappa shape index (κ2) is 8.78. The van der Waals surface area contributed by atoms with Gasteiger partial charge in [0.2, 0.25) is 0 Å². The molecule has 1 aromatic rings. The van der Waals surface area contributed by atoms with Crippen molar-refractivity contribution in [1.29, 1.82) is 0 Å². The summed E-state index contributed by atoms with van der Waals surface area (Å²) in [7, 11) is 0. The van der Waals surface area contributed by atoms with Crippen molar-refractivity contribution in [3.05, 3.63) is 28.2 Å². The number of rotatable bonds is 7. The first-order chi connectivity index (χ1) is 10.1. The van der Waals surface area contributed by atoms with Crippen molar-refractivity contribution in [3.63, 3.8) is 0 Å². The molecule has 21 heavy (non-hydrogen) atoms. The molecule has 0 amide bonds. The maximum Gasteiger partial charge on any atom is 0.121 e. The first-order valence-corrected chi connectivity index (χ1v) is 7.56. The maximum absolute atomic E-state index is 9.85. The number of aliphatic hydroxyl groups excluding tert-OH is 1. The Balaban J connectivity index is 1.62. The predicted octanol–water partition coefficient (Wildman–Crippen LogP) is 1.74. The molecule has 0 aliphatic carbocycles. The molecule has 7 heteroatoms. The minimum Gasteiger partial charge on any atom is -0.491 e. The standard InChI is InChI=1S/C14H19Cl2NO4/c15-13-2-1-11(5-14(13)16)21-8-10(18)6-17-7-12-9-19-3-4-20-12/h1-2,5,10,12,17-18H,3-4,6-9H2. The normalized spacial score (nSPS) is 20.2. The summed E-state index contributed by atoms with van der Waals surface area (Å²) in [6.45, 7) is 3.09. The molecule has 2 N–H and O–H groups in total. The molecule has 2 rings (SSSR count). The number of aliphatic hydroxyl groups is 1. The van der Waals surface area contributed by atoms with Crippen LogP contribution in [0, 0.1) is 0 Å². The van der Waals surface area contributed by atoms with Gasteiger partial charge >= 0.3 is 0 Å². The molecular weight excluding hydrogens is 317 g/mol. The maximum atomic E-state index is 9.85. The van der Waals surface area contributed by atoms with Crippen LogP contribution in [-0.4, -0.2) is 56.8 Å². The van der Waals surface area contributed by atoms with Crippen molar-refractivity contribution in [2.45, 2.75) is 12.2 Å². The van der Waals surface area contributed by atoms with E-state index in [1.54, 1.807) is 18.2 Å². The van der Waals surface area contributed by atoms with Crippen LogP contribution < -0.4 is 10.1 Å². The zero-order chi connectivity index (χ0) is 15.1. The summed E-state index contributed by atoms with van der Waals surface area (Å²) in [5.41, 5.74) is 0. The smallest absolute Gasteiger partial charge is 0.121 e. The Hall–Kier alpha value is -0.560. The van der Waals surface area contributed by atoms with Gasteiger partial charge in [-0.1, -0.05) is 23.2 Å². The molecular formula is C14H19Cl2NO4. The summed E-state index contributed by atoms with van der Waals surface area (Å²) in [5.74, 6) is 0.576. The monoisotopic (exact) mass is 335 g/mol. The van der Waals surface area contributed by atoms with Crippen molar-refractivity contribution < 1.29 is 19.3 Å². The molecule has 0 spiro atoms. The van der Waals surface area contributed by atoms with Crippen LogP contribution in [0.25, 0.3) is 0 Å². The molecule has 1 aliphatic heterocycles. The van der Waals surface area contributed by atoms with E-state index in [9.17, 15) is 5.11 Å². The van der Waals surface area contributed by atoms with E-state index >= 15 is 0 Å². The Morgan fingerprint density at radius 3 is 2.90 bits per heavy atom. The highest BCUT2D eigenvalue weighted by atomic mass is 35.5. The van der Waals surface area contributed by atoms with Crippen LogP contribution in [0.4, 0.5) is 0 Å². The molecule has 2 atom stereocenters. The third-order valence-electron chi connectivity index (χ3n) is 2.97. The Bertz CT molecular complexity index is 441. The summed E-state index contributed by atoms with van der Waals surface area (Å²) < 4.78 is 16.2. The number of hydrogen-bond acceptors (Lipinski definition) is 5. The van der Waals surface area contributed by atoms with E-state index in [4.69, 9.17) is 37.4 Å². The zero-order valence-electron chi connectivity index (χ0n) is 11.6. The highest BCUT2D eigenvalue weighted by molar-refractivity contribution is 6.42. The fraction of sp³-hybridized carbons (Fsp3) is 0.571. The minimum atomic E-state index is -0.621. The van der Waals surface area contributed by atoms with Crippen LogP contribution >= 0.6 is 23.2 Å². The zero-order valence-corrected chi connectivity index (χ0v) is 13.1. The lowest BCUT2D eigenvalue weighted by Crippen LogP contribution is -2.41. The van der Waals surface area contributed by atoms with Gasteiger partial charge in [-0.15, -0.1) is 0 Å². The molecule has 1 fully saturated rings. The second-order valence-corrected chi connectivity index (χ2v) is 5.58. The van der Waals surface area contributed by atoms with E-state index in [0.29, 0.717) is 48.7 Å². The average molecular weight is 336 g/mol. The largest absolute Gasteiger partial charge is 0.491 e. The third kappa shape index (κ3) is 5.98. The fourth-order valence-electron chi connectivity index (χ4n) is 1.88. The Morgan fingerprint density at radius 1 is 1.33 bits per heavy atom. The van der Waals surface area contributed by atoms with E-state index in [0.717, 1.165) is 0 Å². The van der Waals surface area contributed by atoms with Crippen LogP contribution in [0.15, 0.2) is 18.2 Å². The van der Waals surface area contributed by atoms with E-state index in [1.165, 1.54) is 0 Å². The summed E-state index contributed by atoms with van der Waals surface area (Å²) in [6.07, 6.45) is -0.578. The second-order valence-electron chi connectivity index (χ2n) is 4.77. The molecule has 5 nitrogen and oxygen atoms in total.